The fourth-order valence-corrected chi connectivity index (χ4v) is 10.3. The first kappa shape index (κ1) is 37.6. The van der Waals surface area contributed by atoms with E-state index in [2.05, 4.69) is 239 Å². The van der Waals surface area contributed by atoms with Crippen LogP contribution in [0.15, 0.2) is 247 Å². The zero-order chi connectivity index (χ0) is 42.4. The summed E-state index contributed by atoms with van der Waals surface area (Å²) < 4.78 is 0. The normalized spacial score (nSPS) is 12.0. The molecule has 0 N–H and O–H groups in total. The average molecular weight is 838 g/mol. The molecule has 11 aromatic rings. The van der Waals surface area contributed by atoms with Crippen molar-refractivity contribution in [2.75, 3.05) is 14.7 Å². The molecule has 0 saturated heterocycles. The first-order chi connectivity index (χ1) is 31.7. The van der Waals surface area contributed by atoms with Crippen molar-refractivity contribution in [3.05, 3.63) is 237 Å². The zero-order valence-electron chi connectivity index (χ0n) is 34.7. The molecule has 0 atom stereocenters. The topological polar surface area (TPSA) is 35.5 Å². The Morgan fingerprint density at radius 2 is 0.750 bits per heavy atom. The lowest BCUT2D eigenvalue weighted by Gasteiger charge is -2.35. The van der Waals surface area contributed by atoms with Gasteiger partial charge in [0.25, 0.3) is 0 Å². The van der Waals surface area contributed by atoms with Crippen LogP contribution in [0.3, 0.4) is 0 Å². The molecule has 1 aliphatic heterocycles. The molecule has 0 unspecified atom stereocenters. The van der Waals surface area contributed by atoms with Gasteiger partial charge >= 0.3 is 0 Å². The van der Waals surface area contributed by atoms with E-state index in [4.69, 9.17) is 9.97 Å². The monoisotopic (exact) mass is 837 g/mol. The highest BCUT2D eigenvalue weighted by Gasteiger charge is 2.28. The van der Waals surface area contributed by atoms with Crippen molar-refractivity contribution in [2.24, 2.45) is 0 Å². The van der Waals surface area contributed by atoms with E-state index in [0.717, 1.165) is 99.1 Å². The Kier molecular flexibility index (Phi) is 9.35. The highest BCUT2D eigenvalue weighted by molar-refractivity contribution is 7.99. The summed E-state index contributed by atoms with van der Waals surface area (Å²) in [5.74, 6) is 0. The summed E-state index contributed by atoms with van der Waals surface area (Å²) >= 11 is 1.82. The minimum absolute atomic E-state index is 0.900. The minimum atomic E-state index is 0.900. The predicted molar refractivity (Wildman–Crippen MR) is 268 cm³/mol. The van der Waals surface area contributed by atoms with Crippen LogP contribution in [0.1, 0.15) is 0 Å². The van der Waals surface area contributed by atoms with E-state index in [-0.39, 0.29) is 0 Å². The van der Waals surface area contributed by atoms with Crippen LogP contribution in [0.25, 0.3) is 43.7 Å². The second-order valence-corrected chi connectivity index (χ2v) is 16.9. The van der Waals surface area contributed by atoms with Gasteiger partial charge < -0.3 is 14.7 Å². The van der Waals surface area contributed by atoms with Crippen LogP contribution in [-0.2, 0) is 0 Å². The lowest BCUT2D eigenvalue weighted by molar-refractivity contribution is 1.15. The Labute approximate surface area is 376 Å². The van der Waals surface area contributed by atoms with Gasteiger partial charge in [0, 0.05) is 72.8 Å². The number of hydrogen-bond donors (Lipinski definition) is 0. The van der Waals surface area contributed by atoms with E-state index in [0.29, 0.717) is 0 Å². The van der Waals surface area contributed by atoms with Crippen molar-refractivity contribution in [1.29, 1.82) is 0 Å². The maximum atomic E-state index is 4.92. The summed E-state index contributed by atoms with van der Waals surface area (Å²) in [6.45, 7) is 0. The van der Waals surface area contributed by atoms with Gasteiger partial charge in [-0.2, -0.15) is 0 Å². The quantitative estimate of drug-likeness (QED) is 0.142. The van der Waals surface area contributed by atoms with Crippen LogP contribution in [0.5, 0.6) is 0 Å². The fourth-order valence-electron chi connectivity index (χ4n) is 9.16. The van der Waals surface area contributed by atoms with Gasteiger partial charge in [-0.1, -0.05) is 133 Å². The first-order valence-corrected chi connectivity index (χ1v) is 22.3. The lowest BCUT2D eigenvalue weighted by atomic mass is 9.95. The number of rotatable bonds is 8. The predicted octanol–water partition coefficient (Wildman–Crippen LogP) is 16.5. The van der Waals surface area contributed by atoms with E-state index in [1.54, 1.807) is 12.4 Å². The molecule has 10 aromatic carbocycles. The van der Waals surface area contributed by atoms with Gasteiger partial charge in [0.05, 0.1) is 22.4 Å². The van der Waals surface area contributed by atoms with Crippen molar-refractivity contribution < 1.29 is 0 Å². The van der Waals surface area contributed by atoms with E-state index in [9.17, 15) is 0 Å². The lowest BCUT2D eigenvalue weighted by Crippen LogP contribution is -2.17. The average Bonchev–Trinajstić information content (AvgIpc) is 3.37. The molecule has 302 valence electrons. The smallest absolute Gasteiger partial charge is 0.0971 e. The van der Waals surface area contributed by atoms with E-state index in [1.807, 2.05) is 11.8 Å². The first-order valence-electron chi connectivity index (χ1n) is 21.5. The molecule has 6 heteroatoms. The number of fused-ring (bicyclic) bond motifs is 8. The van der Waals surface area contributed by atoms with Gasteiger partial charge in [-0.15, -0.1) is 0 Å². The summed E-state index contributed by atoms with van der Waals surface area (Å²) in [7, 11) is 0. The van der Waals surface area contributed by atoms with Crippen molar-refractivity contribution in [2.45, 2.75) is 9.79 Å². The van der Waals surface area contributed by atoms with Gasteiger partial charge in [0.15, 0.2) is 0 Å². The Morgan fingerprint density at radius 3 is 1.22 bits per heavy atom. The molecule has 0 radical (unpaired) electrons. The molecule has 64 heavy (non-hydrogen) atoms. The van der Waals surface area contributed by atoms with Gasteiger partial charge in [-0.3, -0.25) is 9.97 Å². The number of benzene rings is 10. The molecule has 1 aliphatic rings. The molecule has 2 heterocycles. The molecule has 0 saturated carbocycles. The second-order valence-electron chi connectivity index (χ2n) is 15.9. The Hall–Kier alpha value is -8.19. The number of aromatic nitrogens is 2. The van der Waals surface area contributed by atoms with Gasteiger partial charge in [-0.05, 0) is 125 Å². The molecule has 0 bridgehead atoms. The standard InChI is InChI=1S/C58H39N5S/c1-6-16-40(17-7-1)41-26-30-49-51(36-41)52-37-46(27-31-50(52)58-57(49)59-34-35-60-58)63-53-32-28-47(61(42-18-8-2-9-19-42)43-20-10-3-11-21-43)38-55(53)64-56-39-48(29-33-54(56)63)62(44-22-12-4-13-23-44)45-24-14-5-15-25-45/h1-39H. The van der Waals surface area contributed by atoms with E-state index in [1.165, 1.54) is 5.56 Å². The molecule has 0 amide bonds. The van der Waals surface area contributed by atoms with Crippen molar-refractivity contribution in [1.82, 2.24) is 9.97 Å². The van der Waals surface area contributed by atoms with Crippen molar-refractivity contribution in [3.63, 3.8) is 0 Å². The molecule has 1 aromatic heterocycles. The highest BCUT2D eigenvalue weighted by atomic mass is 32.2. The van der Waals surface area contributed by atoms with Crippen LogP contribution >= 0.6 is 11.8 Å². The summed E-state index contributed by atoms with van der Waals surface area (Å²) in [4.78, 5) is 19.2. The largest absolute Gasteiger partial charge is 0.310 e. The summed E-state index contributed by atoms with van der Waals surface area (Å²) in [5, 5.41) is 4.43. The zero-order valence-corrected chi connectivity index (χ0v) is 35.5. The van der Waals surface area contributed by atoms with Crippen molar-refractivity contribution >= 4 is 95.5 Å². The number of nitrogens with zero attached hydrogens (tertiary/aromatic N) is 5. The molecule has 0 fully saturated rings. The maximum Gasteiger partial charge on any atom is 0.0971 e. The van der Waals surface area contributed by atoms with Crippen LogP contribution in [0.2, 0.25) is 0 Å². The van der Waals surface area contributed by atoms with Gasteiger partial charge in [0.1, 0.15) is 0 Å². The van der Waals surface area contributed by atoms with Crippen LogP contribution < -0.4 is 14.7 Å². The third-order valence-electron chi connectivity index (χ3n) is 12.0. The minimum Gasteiger partial charge on any atom is -0.310 e. The van der Waals surface area contributed by atoms with Crippen LogP contribution in [-0.4, -0.2) is 9.97 Å². The van der Waals surface area contributed by atoms with E-state index >= 15 is 0 Å². The molecule has 0 aliphatic carbocycles. The molecular weight excluding hydrogens is 799 g/mol. The second kappa shape index (κ2) is 15.9. The van der Waals surface area contributed by atoms with Crippen molar-refractivity contribution in [3.8, 4) is 11.1 Å². The molecule has 12 rings (SSSR count). The number of hydrogen-bond acceptors (Lipinski definition) is 6. The maximum absolute atomic E-state index is 4.92. The molecule has 5 nitrogen and oxygen atoms in total. The Balaban J connectivity index is 1.08. The summed E-state index contributed by atoms with van der Waals surface area (Å²) in [6, 6.07) is 80.4. The third-order valence-corrected chi connectivity index (χ3v) is 13.1. The van der Waals surface area contributed by atoms with Gasteiger partial charge in [-0.25, -0.2) is 0 Å². The Morgan fingerprint density at radius 1 is 0.328 bits per heavy atom. The van der Waals surface area contributed by atoms with Gasteiger partial charge in [0.2, 0.25) is 0 Å². The molecule has 0 spiro atoms. The summed E-state index contributed by atoms with van der Waals surface area (Å²) in [6.07, 6.45) is 3.59. The number of anilines is 9. The van der Waals surface area contributed by atoms with Crippen LogP contribution in [0, 0.1) is 0 Å². The highest BCUT2D eigenvalue weighted by Crippen LogP contribution is 2.55. The SMILES string of the molecule is c1ccc(-c2ccc3c(c2)c2cc(N4c5ccc(N(c6ccccc6)c6ccccc6)cc5Sc5cc(N(c6ccccc6)c6ccccc6)ccc54)ccc2c2nccnc32)cc1. The molecular formula is C58H39N5S. The van der Waals surface area contributed by atoms with E-state index < -0.39 is 0 Å². The number of para-hydroxylation sites is 4. The fraction of sp³-hybridized carbons (Fsp3) is 0. The third kappa shape index (κ3) is 6.60. The van der Waals surface area contributed by atoms with Crippen LogP contribution in [0.4, 0.5) is 51.2 Å². The summed E-state index contributed by atoms with van der Waals surface area (Å²) in [5.41, 5.74) is 14.0. The Bertz CT molecular complexity index is 3270.